The van der Waals surface area contributed by atoms with Crippen LogP contribution in [-0.4, -0.2) is 46.6 Å². The van der Waals surface area contributed by atoms with Crippen molar-refractivity contribution in [2.24, 2.45) is 0 Å². The molecule has 260 valence electrons. The first-order valence-corrected chi connectivity index (χ1v) is 18.0. The fourth-order valence-corrected chi connectivity index (χ4v) is 7.95. The lowest BCUT2D eigenvalue weighted by atomic mass is 9.72. The standard InChI is InChI=1S/C33H32O4.C10H14O3/c34-32(25-15-5-1-6-16-25,26-17-7-2-8-18-26)29-30(37-31(36-29)23-13-14-24-31)33(35,27-19-9-3-10-20-27)28-21-11-4-12-22-28;11-9-6-7-10(13-9)12-8-4-2-1-3-5-8/h1-12,15-22,29-30,34-35H,13-14,23-24H2;6-8,10H,1-5H2/t29-,30-;/m1./s1. The van der Waals surface area contributed by atoms with Crippen molar-refractivity contribution >= 4 is 5.97 Å². The second-order valence-electron chi connectivity index (χ2n) is 13.8. The second-order valence-corrected chi connectivity index (χ2v) is 13.8. The average molecular weight is 675 g/mol. The Morgan fingerprint density at radius 2 is 0.980 bits per heavy atom. The summed E-state index contributed by atoms with van der Waals surface area (Å²) in [6.07, 6.45) is 10.6. The first-order valence-electron chi connectivity index (χ1n) is 18.0. The fourth-order valence-electron chi connectivity index (χ4n) is 7.95. The van der Waals surface area contributed by atoms with Crippen LogP contribution >= 0.6 is 0 Å². The summed E-state index contributed by atoms with van der Waals surface area (Å²) in [6, 6.07) is 38.4. The Balaban J connectivity index is 0.000000253. The summed E-state index contributed by atoms with van der Waals surface area (Å²) in [4.78, 5) is 10.7. The molecule has 4 aromatic carbocycles. The molecule has 2 heterocycles. The maximum atomic E-state index is 12.8. The zero-order valence-corrected chi connectivity index (χ0v) is 28.3. The van der Waals surface area contributed by atoms with Gasteiger partial charge < -0.3 is 29.2 Å². The molecule has 7 heteroatoms. The van der Waals surface area contributed by atoms with E-state index in [-0.39, 0.29) is 12.1 Å². The minimum absolute atomic E-state index is 0.286. The summed E-state index contributed by atoms with van der Waals surface area (Å²) in [5, 5.41) is 25.6. The summed E-state index contributed by atoms with van der Waals surface area (Å²) in [7, 11) is 0. The van der Waals surface area contributed by atoms with E-state index in [1.54, 1.807) is 6.08 Å². The molecule has 7 nitrogen and oxygen atoms in total. The van der Waals surface area contributed by atoms with Gasteiger partial charge in [0.2, 0.25) is 6.29 Å². The predicted molar refractivity (Wildman–Crippen MR) is 190 cm³/mol. The number of benzene rings is 4. The monoisotopic (exact) mass is 674 g/mol. The Bertz CT molecular complexity index is 1520. The van der Waals surface area contributed by atoms with Gasteiger partial charge in [0.05, 0.1) is 6.10 Å². The normalized spacial score (nSPS) is 23.4. The number of rotatable bonds is 8. The van der Waals surface area contributed by atoms with Gasteiger partial charge in [-0.05, 0) is 54.0 Å². The molecule has 2 aliphatic heterocycles. The van der Waals surface area contributed by atoms with Crippen LogP contribution in [0.1, 0.15) is 80.0 Å². The van der Waals surface area contributed by atoms with Gasteiger partial charge in [0.25, 0.3) is 0 Å². The molecule has 2 aliphatic carbocycles. The van der Waals surface area contributed by atoms with Crippen molar-refractivity contribution in [2.45, 2.75) is 99.4 Å². The van der Waals surface area contributed by atoms with E-state index in [9.17, 15) is 15.0 Å². The van der Waals surface area contributed by atoms with E-state index in [1.807, 2.05) is 121 Å². The zero-order chi connectivity index (χ0) is 34.4. The van der Waals surface area contributed by atoms with Crippen molar-refractivity contribution in [3.8, 4) is 0 Å². The van der Waals surface area contributed by atoms with Crippen LogP contribution in [0.3, 0.4) is 0 Å². The highest BCUT2D eigenvalue weighted by molar-refractivity contribution is 5.84. The van der Waals surface area contributed by atoms with E-state index in [4.69, 9.17) is 18.9 Å². The maximum absolute atomic E-state index is 12.8. The number of carbonyl (C=O) groups excluding carboxylic acids is 1. The molecule has 0 amide bonds. The predicted octanol–water partition coefficient (Wildman–Crippen LogP) is 7.69. The van der Waals surface area contributed by atoms with Crippen LogP contribution in [0.25, 0.3) is 0 Å². The summed E-state index contributed by atoms with van der Waals surface area (Å²) in [5.41, 5.74) is -0.374. The van der Waals surface area contributed by atoms with Crippen LogP contribution in [0.2, 0.25) is 0 Å². The van der Waals surface area contributed by atoms with E-state index in [2.05, 4.69) is 0 Å². The third-order valence-corrected chi connectivity index (χ3v) is 10.5. The number of hydrogen-bond donors (Lipinski definition) is 2. The van der Waals surface area contributed by atoms with Gasteiger partial charge in [-0.15, -0.1) is 0 Å². The zero-order valence-electron chi connectivity index (χ0n) is 28.3. The van der Waals surface area contributed by atoms with Crippen LogP contribution in [0.4, 0.5) is 0 Å². The number of hydrogen-bond acceptors (Lipinski definition) is 7. The molecule has 50 heavy (non-hydrogen) atoms. The van der Waals surface area contributed by atoms with Gasteiger partial charge in [-0.3, -0.25) is 0 Å². The minimum atomic E-state index is -1.57. The van der Waals surface area contributed by atoms with Gasteiger partial charge in [0, 0.05) is 18.9 Å². The van der Waals surface area contributed by atoms with Crippen LogP contribution in [0.5, 0.6) is 0 Å². The molecule has 1 spiro atoms. The Morgan fingerprint density at radius 1 is 0.580 bits per heavy atom. The van der Waals surface area contributed by atoms with Gasteiger partial charge >= 0.3 is 5.97 Å². The third kappa shape index (κ3) is 6.94. The summed E-state index contributed by atoms with van der Waals surface area (Å²) < 4.78 is 24.2. The lowest BCUT2D eigenvalue weighted by Gasteiger charge is -2.42. The highest BCUT2D eigenvalue weighted by Gasteiger charge is 2.63. The summed E-state index contributed by atoms with van der Waals surface area (Å²) in [6.45, 7) is 0. The number of carbonyl (C=O) groups is 1. The smallest absolute Gasteiger partial charge is 0.333 e. The Hall–Kier alpha value is -4.11. The van der Waals surface area contributed by atoms with E-state index in [0.717, 1.165) is 38.5 Å². The van der Waals surface area contributed by atoms with Crippen molar-refractivity contribution in [1.82, 2.24) is 0 Å². The molecule has 4 aliphatic rings. The SMILES string of the molecule is O=C1C=CC(OC2CCCCC2)O1.OC(c1ccccc1)(c1ccccc1)[C@@H]1OC2(CCCC2)O[C@H]1C(O)(c1ccccc1)c1ccccc1. The molecule has 1 saturated heterocycles. The molecule has 0 aromatic heterocycles. The van der Waals surface area contributed by atoms with Crippen molar-refractivity contribution in [3.05, 3.63) is 156 Å². The molecule has 0 radical (unpaired) electrons. The molecule has 4 aromatic rings. The van der Waals surface area contributed by atoms with Gasteiger partial charge in [0.1, 0.15) is 23.4 Å². The van der Waals surface area contributed by atoms with Gasteiger partial charge in [-0.25, -0.2) is 4.79 Å². The highest BCUT2D eigenvalue weighted by atomic mass is 16.8. The second kappa shape index (κ2) is 15.0. The minimum Gasteiger partial charge on any atom is -0.429 e. The van der Waals surface area contributed by atoms with Crippen LogP contribution in [0.15, 0.2) is 133 Å². The third-order valence-electron chi connectivity index (χ3n) is 10.5. The molecule has 8 rings (SSSR count). The number of ether oxygens (including phenoxy) is 4. The Labute approximate surface area is 294 Å². The summed E-state index contributed by atoms with van der Waals surface area (Å²) in [5.74, 6) is -1.15. The van der Waals surface area contributed by atoms with Crippen LogP contribution < -0.4 is 0 Å². The molecule has 3 fully saturated rings. The molecule has 1 unspecified atom stereocenters. The van der Waals surface area contributed by atoms with E-state index in [0.29, 0.717) is 22.3 Å². The van der Waals surface area contributed by atoms with Gasteiger partial charge in [-0.1, -0.05) is 141 Å². The van der Waals surface area contributed by atoms with E-state index in [1.165, 1.54) is 25.3 Å². The number of esters is 1. The lowest BCUT2D eigenvalue weighted by molar-refractivity contribution is -0.192. The van der Waals surface area contributed by atoms with Crippen LogP contribution in [0, 0.1) is 0 Å². The highest BCUT2D eigenvalue weighted by Crippen LogP contribution is 2.54. The van der Waals surface area contributed by atoms with Crippen molar-refractivity contribution in [2.75, 3.05) is 0 Å². The summed E-state index contributed by atoms with van der Waals surface area (Å²) >= 11 is 0. The molecular weight excluding hydrogens is 628 g/mol. The maximum Gasteiger partial charge on any atom is 0.333 e. The molecule has 2 saturated carbocycles. The van der Waals surface area contributed by atoms with Crippen molar-refractivity contribution in [1.29, 1.82) is 0 Å². The Morgan fingerprint density at radius 3 is 1.34 bits per heavy atom. The van der Waals surface area contributed by atoms with E-state index >= 15 is 0 Å². The van der Waals surface area contributed by atoms with Crippen molar-refractivity contribution in [3.63, 3.8) is 0 Å². The van der Waals surface area contributed by atoms with E-state index < -0.39 is 35.5 Å². The first kappa shape index (κ1) is 34.3. The molecule has 3 atom stereocenters. The number of cyclic esters (lactones) is 1. The lowest BCUT2D eigenvalue weighted by Crippen LogP contribution is -2.54. The quantitative estimate of drug-likeness (QED) is 0.185. The Kier molecular flexibility index (Phi) is 10.3. The first-order chi connectivity index (χ1) is 24.4. The number of aliphatic hydroxyl groups is 2. The fraction of sp³-hybridized carbons (Fsp3) is 0.372. The van der Waals surface area contributed by atoms with Crippen LogP contribution in [-0.2, 0) is 34.9 Å². The van der Waals surface area contributed by atoms with Gasteiger partial charge in [-0.2, -0.15) is 0 Å². The topological polar surface area (TPSA) is 94.5 Å². The van der Waals surface area contributed by atoms with Crippen molar-refractivity contribution < 1.29 is 34.0 Å². The molecule has 0 bridgehead atoms. The molecule has 2 N–H and O–H groups in total. The molecular formula is C43H46O7. The largest absolute Gasteiger partial charge is 0.429 e. The van der Waals surface area contributed by atoms with Gasteiger partial charge in [0.15, 0.2) is 5.79 Å². The average Bonchev–Trinajstić information content (AvgIpc) is 3.93.